The maximum absolute atomic E-state index is 11.3. The first-order valence-electron chi connectivity index (χ1n) is 5.57. The van der Waals surface area contributed by atoms with Crippen LogP contribution in [0.25, 0.3) is 11.3 Å². The lowest BCUT2D eigenvalue weighted by Crippen LogP contribution is -2.13. The molecule has 3 rings (SSSR count). The van der Waals surface area contributed by atoms with Crippen molar-refractivity contribution in [2.45, 2.75) is 18.8 Å². The Kier molecular flexibility index (Phi) is 2.18. The number of aromatic amines is 1. The quantitative estimate of drug-likeness (QED) is 0.833. The van der Waals surface area contributed by atoms with Gasteiger partial charge >= 0.3 is 0 Å². The van der Waals surface area contributed by atoms with Crippen LogP contribution in [0.2, 0.25) is 0 Å². The maximum atomic E-state index is 11.3. The van der Waals surface area contributed by atoms with Crippen LogP contribution in [0.1, 0.15) is 34.8 Å². The number of primary amides is 1. The number of nitrogens with two attached hydrogens (primary N) is 1. The minimum atomic E-state index is -0.556. The van der Waals surface area contributed by atoms with Gasteiger partial charge in [0.2, 0.25) is 0 Å². The summed E-state index contributed by atoms with van der Waals surface area (Å²) in [5.41, 5.74) is 8.22. The minimum absolute atomic E-state index is 0.207. The van der Waals surface area contributed by atoms with E-state index >= 15 is 0 Å². The molecule has 1 fully saturated rings. The number of hydrogen-bond acceptors (Lipinski definition) is 3. The van der Waals surface area contributed by atoms with E-state index in [1.54, 1.807) is 0 Å². The second-order valence-electron chi connectivity index (χ2n) is 4.25. The van der Waals surface area contributed by atoms with Crippen LogP contribution in [0.4, 0.5) is 0 Å². The van der Waals surface area contributed by atoms with Crippen molar-refractivity contribution in [3.05, 3.63) is 35.5 Å². The van der Waals surface area contributed by atoms with Crippen LogP contribution in [0.3, 0.4) is 0 Å². The summed E-state index contributed by atoms with van der Waals surface area (Å²) in [6, 6.07) is 7.96. The van der Waals surface area contributed by atoms with E-state index in [1.807, 2.05) is 18.2 Å². The van der Waals surface area contributed by atoms with Crippen LogP contribution in [0.5, 0.6) is 0 Å². The Morgan fingerprint density at radius 1 is 1.29 bits per heavy atom. The van der Waals surface area contributed by atoms with Gasteiger partial charge in [-0.15, -0.1) is 0 Å². The second kappa shape index (κ2) is 3.69. The molecule has 1 amide bonds. The van der Waals surface area contributed by atoms with Crippen LogP contribution < -0.4 is 5.73 Å². The third-order valence-electron chi connectivity index (χ3n) is 3.01. The summed E-state index contributed by atoms with van der Waals surface area (Å²) in [6.45, 7) is 0. The van der Waals surface area contributed by atoms with Crippen molar-refractivity contribution in [1.29, 1.82) is 0 Å². The second-order valence-corrected chi connectivity index (χ2v) is 4.25. The number of rotatable bonds is 3. The molecule has 1 aliphatic rings. The smallest absolute Gasteiger partial charge is 0.271 e. The lowest BCUT2D eigenvalue weighted by Gasteiger charge is -2.05. The summed E-state index contributed by atoms with van der Waals surface area (Å²) in [7, 11) is 0. The van der Waals surface area contributed by atoms with Gasteiger partial charge < -0.3 is 5.73 Å². The third kappa shape index (κ3) is 1.69. The maximum Gasteiger partial charge on any atom is 0.271 e. The van der Waals surface area contributed by atoms with Crippen LogP contribution in [-0.2, 0) is 0 Å². The zero-order chi connectivity index (χ0) is 11.8. The molecule has 0 saturated heterocycles. The molecule has 1 aliphatic carbocycles. The van der Waals surface area contributed by atoms with Gasteiger partial charge in [-0.2, -0.15) is 15.4 Å². The van der Waals surface area contributed by atoms with Gasteiger partial charge in [0.25, 0.3) is 5.91 Å². The standard InChI is InChI=1S/C12H12N4O/c13-12(17)11-10(14-16-15-11)9-4-2-1-3-8(9)7-5-6-7/h1-4,7H,5-6H2,(H2,13,17)(H,14,15,16). The van der Waals surface area contributed by atoms with Gasteiger partial charge in [-0.25, -0.2) is 0 Å². The number of aromatic nitrogens is 3. The highest BCUT2D eigenvalue weighted by Gasteiger charge is 2.28. The fourth-order valence-electron chi connectivity index (χ4n) is 2.05. The molecule has 0 unspecified atom stereocenters. The molecule has 5 heteroatoms. The number of carbonyl (C=O) groups excluding carboxylic acids is 1. The molecule has 17 heavy (non-hydrogen) atoms. The van der Waals surface area contributed by atoms with Gasteiger partial charge in [-0.05, 0) is 24.3 Å². The Hall–Kier alpha value is -2.17. The molecule has 0 spiro atoms. The van der Waals surface area contributed by atoms with Gasteiger partial charge in [0.05, 0.1) is 0 Å². The predicted octanol–water partition coefficient (Wildman–Crippen LogP) is 1.45. The van der Waals surface area contributed by atoms with Crippen molar-refractivity contribution in [3.63, 3.8) is 0 Å². The molecule has 1 aromatic heterocycles. The SMILES string of the molecule is NC(=O)c1n[nH]nc1-c1ccccc1C1CC1. The zero-order valence-corrected chi connectivity index (χ0v) is 9.18. The van der Waals surface area contributed by atoms with Crippen LogP contribution in [0, 0.1) is 0 Å². The molecular weight excluding hydrogens is 216 g/mol. The van der Waals surface area contributed by atoms with E-state index in [2.05, 4.69) is 21.5 Å². The molecule has 0 bridgehead atoms. The van der Waals surface area contributed by atoms with E-state index in [0.29, 0.717) is 11.6 Å². The first-order chi connectivity index (χ1) is 8.27. The molecule has 5 nitrogen and oxygen atoms in total. The molecule has 0 aliphatic heterocycles. The Labute approximate surface area is 98.0 Å². The van der Waals surface area contributed by atoms with E-state index in [-0.39, 0.29) is 5.69 Å². The van der Waals surface area contributed by atoms with Crippen molar-refractivity contribution < 1.29 is 4.79 Å². The number of benzene rings is 1. The largest absolute Gasteiger partial charge is 0.364 e. The highest BCUT2D eigenvalue weighted by Crippen LogP contribution is 2.44. The molecule has 1 saturated carbocycles. The number of amides is 1. The van der Waals surface area contributed by atoms with Crippen molar-refractivity contribution >= 4 is 5.91 Å². The molecular formula is C12H12N4O. The lowest BCUT2D eigenvalue weighted by atomic mass is 9.99. The Morgan fingerprint density at radius 2 is 2.06 bits per heavy atom. The first kappa shape index (κ1) is 10.0. The summed E-state index contributed by atoms with van der Waals surface area (Å²) in [6.07, 6.45) is 2.39. The van der Waals surface area contributed by atoms with Crippen molar-refractivity contribution in [3.8, 4) is 11.3 Å². The Bertz CT molecular complexity index is 571. The fourth-order valence-corrected chi connectivity index (χ4v) is 2.05. The first-order valence-corrected chi connectivity index (χ1v) is 5.57. The Morgan fingerprint density at radius 3 is 2.76 bits per heavy atom. The van der Waals surface area contributed by atoms with Crippen molar-refractivity contribution in [1.82, 2.24) is 15.4 Å². The molecule has 86 valence electrons. The lowest BCUT2D eigenvalue weighted by molar-refractivity contribution is 0.0996. The highest BCUT2D eigenvalue weighted by molar-refractivity contribution is 5.97. The summed E-state index contributed by atoms with van der Waals surface area (Å²) in [5.74, 6) is 0.0305. The number of carbonyl (C=O) groups is 1. The van der Waals surface area contributed by atoms with E-state index in [9.17, 15) is 4.79 Å². The van der Waals surface area contributed by atoms with Gasteiger partial charge in [0.15, 0.2) is 5.69 Å². The summed E-state index contributed by atoms with van der Waals surface area (Å²) < 4.78 is 0. The third-order valence-corrected chi connectivity index (χ3v) is 3.01. The number of H-pyrrole nitrogens is 1. The molecule has 1 aromatic carbocycles. The molecule has 3 N–H and O–H groups in total. The molecule has 1 heterocycles. The summed E-state index contributed by atoms with van der Waals surface area (Å²) in [5, 5.41) is 10.3. The summed E-state index contributed by atoms with van der Waals surface area (Å²) in [4.78, 5) is 11.3. The normalized spacial score (nSPS) is 14.8. The van der Waals surface area contributed by atoms with E-state index in [0.717, 1.165) is 5.56 Å². The zero-order valence-electron chi connectivity index (χ0n) is 9.18. The number of nitrogens with one attached hydrogen (secondary N) is 1. The van der Waals surface area contributed by atoms with Crippen LogP contribution in [-0.4, -0.2) is 21.3 Å². The molecule has 0 radical (unpaired) electrons. The van der Waals surface area contributed by atoms with Crippen molar-refractivity contribution in [2.24, 2.45) is 5.73 Å². The molecule has 0 atom stereocenters. The van der Waals surface area contributed by atoms with E-state index in [1.165, 1.54) is 18.4 Å². The average molecular weight is 228 g/mol. The number of hydrogen-bond donors (Lipinski definition) is 2. The Balaban J connectivity index is 2.14. The summed E-state index contributed by atoms with van der Waals surface area (Å²) >= 11 is 0. The van der Waals surface area contributed by atoms with Crippen LogP contribution >= 0.6 is 0 Å². The average Bonchev–Trinajstić information content (AvgIpc) is 3.06. The molecule has 2 aromatic rings. The van der Waals surface area contributed by atoms with Gasteiger partial charge in [0, 0.05) is 5.56 Å². The topological polar surface area (TPSA) is 84.7 Å². The van der Waals surface area contributed by atoms with Crippen LogP contribution in [0.15, 0.2) is 24.3 Å². The van der Waals surface area contributed by atoms with Crippen molar-refractivity contribution in [2.75, 3.05) is 0 Å². The van der Waals surface area contributed by atoms with Gasteiger partial charge in [-0.3, -0.25) is 4.79 Å². The predicted molar refractivity (Wildman–Crippen MR) is 62.3 cm³/mol. The minimum Gasteiger partial charge on any atom is -0.364 e. The van der Waals surface area contributed by atoms with E-state index in [4.69, 9.17) is 5.73 Å². The highest BCUT2D eigenvalue weighted by atomic mass is 16.1. The van der Waals surface area contributed by atoms with Gasteiger partial charge in [-0.1, -0.05) is 24.3 Å². The monoisotopic (exact) mass is 228 g/mol. The van der Waals surface area contributed by atoms with Gasteiger partial charge in [0.1, 0.15) is 5.69 Å². The number of nitrogens with zero attached hydrogens (tertiary/aromatic N) is 2. The van der Waals surface area contributed by atoms with E-state index < -0.39 is 5.91 Å². The fraction of sp³-hybridized carbons (Fsp3) is 0.250.